The monoisotopic (exact) mass is 374 g/mol. The van der Waals surface area contributed by atoms with E-state index < -0.39 is 12.2 Å². The van der Waals surface area contributed by atoms with Gasteiger partial charge in [-0.1, -0.05) is 18.2 Å². The van der Waals surface area contributed by atoms with Crippen molar-refractivity contribution in [1.82, 2.24) is 19.6 Å². The molecule has 1 aliphatic carbocycles. The van der Waals surface area contributed by atoms with E-state index in [0.29, 0.717) is 17.9 Å². The average molecular weight is 374 g/mol. The molecule has 141 valence electrons. The van der Waals surface area contributed by atoms with Crippen molar-refractivity contribution in [2.75, 3.05) is 5.32 Å². The Labute approximate surface area is 161 Å². The predicted molar refractivity (Wildman–Crippen MR) is 107 cm³/mol. The van der Waals surface area contributed by atoms with Crippen molar-refractivity contribution in [1.29, 1.82) is 0 Å². The molecule has 7 heteroatoms. The SMILES string of the molecule is [CH2][C@@H]1C[C@@H](Nc2ccnc3cc(-c4ccc5cccnc5c4)nn23)[C@H](O)[C@@H]1O. The molecule has 1 saturated carbocycles. The van der Waals surface area contributed by atoms with E-state index in [9.17, 15) is 10.2 Å². The number of rotatable bonds is 3. The topological polar surface area (TPSA) is 95.6 Å². The first kappa shape index (κ1) is 17.1. The fraction of sp³-hybridized carbons (Fsp3) is 0.238. The molecule has 0 saturated heterocycles. The molecule has 0 aliphatic heterocycles. The highest BCUT2D eigenvalue weighted by molar-refractivity contribution is 5.83. The van der Waals surface area contributed by atoms with E-state index in [1.165, 1.54) is 0 Å². The molecular weight excluding hydrogens is 354 g/mol. The van der Waals surface area contributed by atoms with Crippen molar-refractivity contribution in [3.8, 4) is 11.3 Å². The van der Waals surface area contributed by atoms with E-state index in [1.807, 2.05) is 36.4 Å². The lowest BCUT2D eigenvalue weighted by atomic mass is 10.1. The van der Waals surface area contributed by atoms with Crippen molar-refractivity contribution in [2.24, 2.45) is 5.92 Å². The zero-order valence-corrected chi connectivity index (χ0v) is 15.1. The second-order valence-corrected chi connectivity index (χ2v) is 7.27. The minimum Gasteiger partial charge on any atom is -0.390 e. The number of pyridine rings is 1. The van der Waals surface area contributed by atoms with Gasteiger partial charge < -0.3 is 15.5 Å². The van der Waals surface area contributed by atoms with Gasteiger partial charge in [0.05, 0.1) is 23.4 Å². The number of hydrogen-bond acceptors (Lipinski definition) is 6. The van der Waals surface area contributed by atoms with E-state index >= 15 is 0 Å². The van der Waals surface area contributed by atoms with E-state index in [-0.39, 0.29) is 12.0 Å². The number of nitrogens with one attached hydrogen (secondary N) is 1. The Balaban J connectivity index is 1.52. The summed E-state index contributed by atoms with van der Waals surface area (Å²) < 4.78 is 1.72. The van der Waals surface area contributed by atoms with Crippen molar-refractivity contribution in [2.45, 2.75) is 24.7 Å². The van der Waals surface area contributed by atoms with Gasteiger partial charge in [-0.15, -0.1) is 0 Å². The molecule has 1 aromatic carbocycles. The van der Waals surface area contributed by atoms with E-state index in [0.717, 1.165) is 22.2 Å². The standard InChI is InChI=1S/C21H20N5O2/c1-12-9-17(21(28)20(12)27)24-18-6-8-23-19-11-16(25-26(18)19)14-5-4-13-3-2-7-22-15(13)10-14/h2-8,10-12,17,20-21,24,27-28H,1,9H2/t12-,17-,20-,21+/m1/s1. The van der Waals surface area contributed by atoms with Crippen LogP contribution in [0.2, 0.25) is 0 Å². The van der Waals surface area contributed by atoms with Crippen LogP contribution in [0.3, 0.4) is 0 Å². The van der Waals surface area contributed by atoms with Crippen LogP contribution in [-0.4, -0.2) is 48.0 Å². The van der Waals surface area contributed by atoms with Gasteiger partial charge in [-0.05, 0) is 37.5 Å². The van der Waals surface area contributed by atoms with Crippen molar-refractivity contribution < 1.29 is 10.2 Å². The molecule has 1 fully saturated rings. The third-order valence-corrected chi connectivity index (χ3v) is 5.39. The van der Waals surface area contributed by atoms with E-state index in [2.05, 4.69) is 22.2 Å². The molecule has 1 aliphatic rings. The highest BCUT2D eigenvalue weighted by Crippen LogP contribution is 2.29. The lowest BCUT2D eigenvalue weighted by Gasteiger charge is -2.19. The lowest BCUT2D eigenvalue weighted by Crippen LogP contribution is -2.35. The molecule has 0 unspecified atom stereocenters. The fourth-order valence-corrected chi connectivity index (χ4v) is 3.83. The number of anilines is 1. The van der Waals surface area contributed by atoms with E-state index in [1.54, 1.807) is 23.0 Å². The predicted octanol–water partition coefficient (Wildman–Crippen LogP) is 2.30. The number of fused-ring (bicyclic) bond motifs is 2. The lowest BCUT2D eigenvalue weighted by molar-refractivity contribution is 0.0256. The van der Waals surface area contributed by atoms with Gasteiger partial charge in [0.15, 0.2) is 5.65 Å². The molecule has 0 bridgehead atoms. The minimum atomic E-state index is -0.868. The van der Waals surface area contributed by atoms with Crippen LogP contribution in [0.5, 0.6) is 0 Å². The second-order valence-electron chi connectivity index (χ2n) is 7.27. The Morgan fingerprint density at radius 2 is 1.93 bits per heavy atom. The Morgan fingerprint density at radius 3 is 2.75 bits per heavy atom. The second kappa shape index (κ2) is 6.54. The Morgan fingerprint density at radius 1 is 1.04 bits per heavy atom. The molecule has 3 heterocycles. The number of aliphatic hydroxyl groups excluding tert-OH is 2. The Bertz CT molecular complexity index is 1160. The first-order valence-corrected chi connectivity index (χ1v) is 9.26. The van der Waals surface area contributed by atoms with Crippen LogP contribution in [0.1, 0.15) is 6.42 Å². The Kier molecular flexibility index (Phi) is 3.99. The molecule has 5 rings (SSSR count). The zero-order chi connectivity index (χ0) is 19.3. The fourth-order valence-electron chi connectivity index (χ4n) is 3.83. The highest BCUT2D eigenvalue weighted by Gasteiger charge is 2.39. The van der Waals surface area contributed by atoms with Gasteiger partial charge in [-0.2, -0.15) is 9.61 Å². The summed E-state index contributed by atoms with van der Waals surface area (Å²) in [5.41, 5.74) is 3.35. The molecule has 0 amide bonds. The number of aromatic nitrogens is 4. The van der Waals surface area contributed by atoms with Gasteiger partial charge >= 0.3 is 0 Å². The summed E-state index contributed by atoms with van der Waals surface area (Å²) in [6.07, 6.45) is 2.36. The maximum atomic E-state index is 10.2. The first-order chi connectivity index (χ1) is 13.6. The van der Waals surface area contributed by atoms with Gasteiger partial charge in [0.2, 0.25) is 0 Å². The van der Waals surface area contributed by atoms with Gasteiger partial charge in [0, 0.05) is 29.4 Å². The quantitative estimate of drug-likeness (QED) is 0.509. The van der Waals surface area contributed by atoms with Crippen LogP contribution in [0.4, 0.5) is 5.82 Å². The number of aliphatic hydroxyl groups is 2. The molecule has 4 atom stereocenters. The largest absolute Gasteiger partial charge is 0.390 e. The molecular formula is C21H20N5O2. The molecule has 3 aromatic heterocycles. The van der Waals surface area contributed by atoms with Gasteiger partial charge in [0.25, 0.3) is 0 Å². The van der Waals surface area contributed by atoms with Crippen molar-refractivity contribution in [3.05, 3.63) is 61.8 Å². The summed E-state index contributed by atoms with van der Waals surface area (Å²) in [4.78, 5) is 8.80. The summed E-state index contributed by atoms with van der Waals surface area (Å²) in [5, 5.41) is 29.3. The van der Waals surface area contributed by atoms with Crippen LogP contribution in [-0.2, 0) is 0 Å². The summed E-state index contributed by atoms with van der Waals surface area (Å²) in [7, 11) is 0. The molecule has 28 heavy (non-hydrogen) atoms. The number of benzene rings is 1. The van der Waals surface area contributed by atoms with Gasteiger partial charge in [-0.3, -0.25) is 4.98 Å². The van der Waals surface area contributed by atoms with Crippen LogP contribution < -0.4 is 5.32 Å². The van der Waals surface area contributed by atoms with Crippen molar-refractivity contribution >= 4 is 22.4 Å². The first-order valence-electron chi connectivity index (χ1n) is 9.26. The molecule has 0 spiro atoms. The minimum absolute atomic E-state index is 0.205. The van der Waals surface area contributed by atoms with E-state index in [4.69, 9.17) is 5.10 Å². The van der Waals surface area contributed by atoms with Crippen LogP contribution in [0.15, 0.2) is 54.9 Å². The number of hydrogen-bond donors (Lipinski definition) is 3. The summed E-state index contributed by atoms with van der Waals surface area (Å²) in [5.74, 6) is 0.503. The van der Waals surface area contributed by atoms with Gasteiger partial charge in [0.1, 0.15) is 11.9 Å². The van der Waals surface area contributed by atoms with Crippen LogP contribution in [0, 0.1) is 12.8 Å². The maximum Gasteiger partial charge on any atom is 0.157 e. The van der Waals surface area contributed by atoms with Gasteiger partial charge in [-0.25, -0.2) is 4.98 Å². The average Bonchev–Trinajstić information content (AvgIpc) is 3.26. The summed E-state index contributed by atoms with van der Waals surface area (Å²) in [6, 6.07) is 13.4. The molecule has 4 aromatic rings. The van der Waals surface area contributed by atoms with Crippen LogP contribution >= 0.6 is 0 Å². The normalized spacial score (nSPS) is 24.8. The molecule has 1 radical (unpaired) electrons. The highest BCUT2D eigenvalue weighted by atomic mass is 16.3. The van der Waals surface area contributed by atoms with Crippen molar-refractivity contribution in [3.63, 3.8) is 0 Å². The summed E-state index contributed by atoms with van der Waals surface area (Å²) >= 11 is 0. The smallest absolute Gasteiger partial charge is 0.157 e. The van der Waals surface area contributed by atoms with Crippen LogP contribution in [0.25, 0.3) is 27.8 Å². The molecule has 7 nitrogen and oxygen atoms in total. The summed E-state index contributed by atoms with van der Waals surface area (Å²) in [6.45, 7) is 3.90. The Hall–Kier alpha value is -3.03. The third-order valence-electron chi connectivity index (χ3n) is 5.39. The third kappa shape index (κ3) is 2.80. The zero-order valence-electron chi connectivity index (χ0n) is 15.1. The number of nitrogens with zero attached hydrogens (tertiary/aromatic N) is 4. The molecule has 3 N–H and O–H groups in total. The maximum absolute atomic E-state index is 10.2.